The zero-order chi connectivity index (χ0) is 20.2. The molecule has 1 fully saturated rings. The smallest absolute Gasteiger partial charge is 0.241 e. The normalized spacial score (nSPS) is 17.2. The standard InChI is InChI=1S/C21H20Cl2N4O2/c22-16-8-9-17(23)18(11-16)24-21(28)15-7-4-10-27(12-15)13-19-25-20(26-29-19)14-5-2-1-3-6-14/h1-3,5-6,8-9,11,15H,4,7,10,12-13H2,(H,24,28). The second kappa shape index (κ2) is 8.95. The van der Waals surface area contributed by atoms with Gasteiger partial charge in [-0.15, -0.1) is 0 Å². The quantitative estimate of drug-likeness (QED) is 0.623. The van der Waals surface area contributed by atoms with Crippen molar-refractivity contribution in [3.63, 3.8) is 0 Å². The Labute approximate surface area is 178 Å². The lowest BCUT2D eigenvalue weighted by Gasteiger charge is -2.30. The molecular weight excluding hydrogens is 411 g/mol. The number of benzene rings is 2. The SMILES string of the molecule is O=C(Nc1cc(Cl)ccc1Cl)C1CCCN(Cc2nc(-c3ccccc3)no2)C1. The van der Waals surface area contributed by atoms with E-state index in [2.05, 4.69) is 20.4 Å². The molecule has 29 heavy (non-hydrogen) atoms. The van der Waals surface area contributed by atoms with Crippen LogP contribution in [-0.4, -0.2) is 34.0 Å². The highest BCUT2D eigenvalue weighted by molar-refractivity contribution is 6.35. The number of nitrogens with zero attached hydrogens (tertiary/aromatic N) is 3. The molecule has 1 unspecified atom stereocenters. The van der Waals surface area contributed by atoms with Gasteiger partial charge in [0.2, 0.25) is 17.6 Å². The highest BCUT2D eigenvalue weighted by Gasteiger charge is 2.27. The van der Waals surface area contributed by atoms with Crippen LogP contribution in [0.25, 0.3) is 11.4 Å². The fourth-order valence-electron chi connectivity index (χ4n) is 3.46. The Morgan fingerprint density at radius 2 is 2.03 bits per heavy atom. The van der Waals surface area contributed by atoms with E-state index in [1.54, 1.807) is 18.2 Å². The number of piperidine rings is 1. The Bertz CT molecular complexity index is 993. The van der Waals surface area contributed by atoms with Crippen LogP contribution in [0.3, 0.4) is 0 Å². The molecule has 0 radical (unpaired) electrons. The lowest BCUT2D eigenvalue weighted by Crippen LogP contribution is -2.40. The van der Waals surface area contributed by atoms with Gasteiger partial charge in [-0.25, -0.2) is 0 Å². The molecule has 6 nitrogen and oxygen atoms in total. The number of hydrogen-bond acceptors (Lipinski definition) is 5. The van der Waals surface area contributed by atoms with Gasteiger partial charge in [-0.3, -0.25) is 9.69 Å². The van der Waals surface area contributed by atoms with Gasteiger partial charge in [-0.05, 0) is 37.6 Å². The van der Waals surface area contributed by atoms with Crippen molar-refractivity contribution < 1.29 is 9.32 Å². The molecule has 150 valence electrons. The monoisotopic (exact) mass is 430 g/mol. The van der Waals surface area contributed by atoms with Crippen LogP contribution in [0.5, 0.6) is 0 Å². The molecule has 1 aliphatic heterocycles. The highest BCUT2D eigenvalue weighted by Crippen LogP contribution is 2.27. The second-order valence-corrected chi connectivity index (χ2v) is 7.91. The summed E-state index contributed by atoms with van der Waals surface area (Å²) in [7, 11) is 0. The summed E-state index contributed by atoms with van der Waals surface area (Å²) in [6.45, 7) is 2.01. The van der Waals surface area contributed by atoms with Gasteiger partial charge < -0.3 is 9.84 Å². The molecule has 0 bridgehead atoms. The number of halogens is 2. The Morgan fingerprint density at radius 3 is 2.86 bits per heavy atom. The number of amides is 1. The average Bonchev–Trinajstić information content (AvgIpc) is 3.20. The molecule has 2 heterocycles. The summed E-state index contributed by atoms with van der Waals surface area (Å²) < 4.78 is 5.41. The Morgan fingerprint density at radius 1 is 1.21 bits per heavy atom. The van der Waals surface area contributed by atoms with Gasteiger partial charge in [0, 0.05) is 17.1 Å². The minimum Gasteiger partial charge on any atom is -0.338 e. The van der Waals surface area contributed by atoms with E-state index in [1.165, 1.54) is 0 Å². The average molecular weight is 431 g/mol. The zero-order valence-electron chi connectivity index (χ0n) is 15.6. The molecule has 0 spiro atoms. The molecular formula is C21H20Cl2N4O2. The van der Waals surface area contributed by atoms with Crippen molar-refractivity contribution in [3.05, 3.63) is 64.5 Å². The maximum absolute atomic E-state index is 12.7. The van der Waals surface area contributed by atoms with E-state index in [9.17, 15) is 4.79 Å². The summed E-state index contributed by atoms with van der Waals surface area (Å²) in [6.07, 6.45) is 1.74. The summed E-state index contributed by atoms with van der Waals surface area (Å²) >= 11 is 12.2. The Hall–Kier alpha value is -2.41. The summed E-state index contributed by atoms with van der Waals surface area (Å²) in [5, 5.41) is 7.95. The van der Waals surface area contributed by atoms with Crippen molar-refractivity contribution in [2.45, 2.75) is 19.4 Å². The van der Waals surface area contributed by atoms with Gasteiger partial charge in [-0.2, -0.15) is 4.98 Å². The summed E-state index contributed by atoms with van der Waals surface area (Å²) in [6, 6.07) is 14.7. The Kier molecular flexibility index (Phi) is 6.13. The van der Waals surface area contributed by atoms with Crippen LogP contribution < -0.4 is 5.32 Å². The first-order chi connectivity index (χ1) is 14.1. The molecule has 1 aromatic heterocycles. The van der Waals surface area contributed by atoms with Crippen LogP contribution in [-0.2, 0) is 11.3 Å². The number of nitrogens with one attached hydrogen (secondary N) is 1. The number of rotatable bonds is 5. The molecule has 4 rings (SSSR count). The van der Waals surface area contributed by atoms with Crippen LogP contribution in [0.1, 0.15) is 18.7 Å². The van der Waals surface area contributed by atoms with Crippen molar-refractivity contribution in [2.24, 2.45) is 5.92 Å². The maximum atomic E-state index is 12.7. The largest absolute Gasteiger partial charge is 0.338 e. The van der Waals surface area contributed by atoms with Crippen LogP contribution in [0.15, 0.2) is 53.1 Å². The number of carbonyl (C=O) groups is 1. The lowest BCUT2D eigenvalue weighted by molar-refractivity contribution is -0.121. The highest BCUT2D eigenvalue weighted by atomic mass is 35.5. The van der Waals surface area contributed by atoms with Gasteiger partial charge in [0.1, 0.15) is 0 Å². The Balaban J connectivity index is 1.38. The molecule has 1 saturated heterocycles. The molecule has 1 N–H and O–H groups in total. The van der Waals surface area contributed by atoms with Crippen LogP contribution >= 0.6 is 23.2 Å². The predicted molar refractivity (Wildman–Crippen MR) is 113 cm³/mol. The van der Waals surface area contributed by atoms with E-state index < -0.39 is 0 Å². The molecule has 1 aliphatic rings. The lowest BCUT2D eigenvalue weighted by atomic mass is 9.97. The van der Waals surface area contributed by atoms with Crippen LogP contribution in [0.2, 0.25) is 10.0 Å². The van der Waals surface area contributed by atoms with Crippen molar-refractivity contribution in [2.75, 3.05) is 18.4 Å². The first-order valence-corrected chi connectivity index (χ1v) is 10.2. The van der Waals surface area contributed by atoms with E-state index in [4.69, 9.17) is 27.7 Å². The number of likely N-dealkylation sites (tertiary alicyclic amines) is 1. The number of aromatic nitrogens is 2. The third-order valence-electron chi connectivity index (χ3n) is 4.92. The molecule has 1 amide bonds. The fraction of sp³-hybridized carbons (Fsp3) is 0.286. The van der Waals surface area contributed by atoms with Gasteiger partial charge >= 0.3 is 0 Å². The summed E-state index contributed by atoms with van der Waals surface area (Å²) in [4.78, 5) is 19.4. The van der Waals surface area contributed by atoms with Gasteiger partial charge in [0.05, 0.1) is 23.2 Å². The molecule has 8 heteroatoms. The van der Waals surface area contributed by atoms with Crippen molar-refractivity contribution in [1.29, 1.82) is 0 Å². The number of hydrogen-bond donors (Lipinski definition) is 1. The maximum Gasteiger partial charge on any atom is 0.241 e. The van der Waals surface area contributed by atoms with Crippen LogP contribution in [0.4, 0.5) is 5.69 Å². The molecule has 1 atom stereocenters. The fourth-order valence-corrected chi connectivity index (χ4v) is 3.79. The van der Waals surface area contributed by atoms with E-state index in [0.29, 0.717) is 40.5 Å². The van der Waals surface area contributed by atoms with Gasteiger partial charge in [0.15, 0.2) is 0 Å². The van der Waals surface area contributed by atoms with Gasteiger partial charge in [0.25, 0.3) is 0 Å². The zero-order valence-corrected chi connectivity index (χ0v) is 17.2. The molecule has 2 aromatic carbocycles. The summed E-state index contributed by atoms with van der Waals surface area (Å²) in [5.41, 5.74) is 1.45. The summed E-state index contributed by atoms with van der Waals surface area (Å²) in [5.74, 6) is 0.912. The number of anilines is 1. The first kappa shape index (κ1) is 19.9. The van der Waals surface area contributed by atoms with Crippen LogP contribution in [0, 0.1) is 5.92 Å². The van der Waals surface area contributed by atoms with Crippen molar-refractivity contribution in [1.82, 2.24) is 15.0 Å². The molecule has 3 aromatic rings. The minimum absolute atomic E-state index is 0.0608. The minimum atomic E-state index is -0.143. The number of carbonyl (C=O) groups excluding carboxylic acids is 1. The van der Waals surface area contributed by atoms with E-state index in [0.717, 1.165) is 24.9 Å². The van der Waals surface area contributed by atoms with E-state index >= 15 is 0 Å². The van der Waals surface area contributed by atoms with Gasteiger partial charge in [-0.1, -0.05) is 58.7 Å². The van der Waals surface area contributed by atoms with E-state index in [1.807, 2.05) is 30.3 Å². The molecule has 0 saturated carbocycles. The predicted octanol–water partition coefficient (Wildman–Crippen LogP) is 4.89. The first-order valence-electron chi connectivity index (χ1n) is 9.45. The third-order valence-corrected chi connectivity index (χ3v) is 5.49. The van der Waals surface area contributed by atoms with Crippen molar-refractivity contribution in [3.8, 4) is 11.4 Å². The second-order valence-electron chi connectivity index (χ2n) is 7.07. The van der Waals surface area contributed by atoms with Crippen molar-refractivity contribution >= 4 is 34.8 Å². The third kappa shape index (κ3) is 4.96. The molecule has 0 aliphatic carbocycles. The van der Waals surface area contributed by atoms with E-state index in [-0.39, 0.29) is 11.8 Å². The topological polar surface area (TPSA) is 71.3 Å².